The number of carbonyl (C=O) groups is 1. The third kappa shape index (κ3) is 2.98. The van der Waals surface area contributed by atoms with Crippen molar-refractivity contribution in [3.63, 3.8) is 0 Å². The van der Waals surface area contributed by atoms with E-state index in [1.165, 1.54) is 25.7 Å². The van der Waals surface area contributed by atoms with Crippen LogP contribution in [0.25, 0.3) is 0 Å². The van der Waals surface area contributed by atoms with Crippen LogP contribution in [0.3, 0.4) is 0 Å². The molecule has 1 aliphatic rings. The first-order valence-corrected chi connectivity index (χ1v) is 5.66. The van der Waals surface area contributed by atoms with E-state index in [1.54, 1.807) is 0 Å². The fraction of sp³-hybridized carbons (Fsp3) is 0.909. The van der Waals surface area contributed by atoms with Crippen LogP contribution in [0.5, 0.6) is 0 Å². The van der Waals surface area contributed by atoms with Gasteiger partial charge < -0.3 is 10.6 Å². The highest BCUT2D eigenvalue weighted by atomic mass is 16.2. The molecule has 0 radical (unpaired) electrons. The average Bonchev–Trinajstić information content (AvgIpc) is 2.69. The van der Waals surface area contributed by atoms with Crippen LogP contribution in [0.4, 0.5) is 0 Å². The van der Waals surface area contributed by atoms with Gasteiger partial charge in [0.25, 0.3) is 0 Å². The molecule has 0 spiro atoms. The third-order valence-electron chi connectivity index (χ3n) is 3.23. The van der Waals surface area contributed by atoms with E-state index in [1.807, 2.05) is 18.9 Å². The molecule has 0 bridgehead atoms. The molecule has 82 valence electrons. The topological polar surface area (TPSA) is 46.3 Å². The van der Waals surface area contributed by atoms with E-state index >= 15 is 0 Å². The molecular weight excluding hydrogens is 176 g/mol. The second-order valence-corrected chi connectivity index (χ2v) is 4.32. The van der Waals surface area contributed by atoms with Crippen molar-refractivity contribution < 1.29 is 4.79 Å². The lowest BCUT2D eigenvalue weighted by molar-refractivity contribution is -0.132. The summed E-state index contributed by atoms with van der Waals surface area (Å²) in [5, 5.41) is 0. The van der Waals surface area contributed by atoms with Crippen LogP contribution in [-0.2, 0) is 4.79 Å². The Labute approximate surface area is 86.6 Å². The summed E-state index contributed by atoms with van der Waals surface area (Å²) in [5.74, 6) is 0.214. The Kier molecular flexibility index (Phi) is 4.39. The fourth-order valence-corrected chi connectivity index (χ4v) is 2.01. The van der Waals surface area contributed by atoms with Crippen LogP contribution < -0.4 is 5.73 Å². The zero-order chi connectivity index (χ0) is 10.6. The molecule has 0 aromatic rings. The van der Waals surface area contributed by atoms with Crippen molar-refractivity contribution in [3.8, 4) is 0 Å². The summed E-state index contributed by atoms with van der Waals surface area (Å²) in [6.07, 6.45) is 6.26. The SMILES string of the molecule is CCC(N)CC(=O)N(C)C1CCCC1. The largest absolute Gasteiger partial charge is 0.343 e. The third-order valence-corrected chi connectivity index (χ3v) is 3.23. The van der Waals surface area contributed by atoms with Crippen LogP contribution in [0.15, 0.2) is 0 Å². The van der Waals surface area contributed by atoms with Gasteiger partial charge in [0.2, 0.25) is 5.91 Å². The van der Waals surface area contributed by atoms with E-state index in [0.717, 1.165) is 6.42 Å². The molecule has 14 heavy (non-hydrogen) atoms. The van der Waals surface area contributed by atoms with Crippen LogP contribution in [-0.4, -0.2) is 29.9 Å². The number of hydrogen-bond donors (Lipinski definition) is 1. The second-order valence-electron chi connectivity index (χ2n) is 4.32. The van der Waals surface area contributed by atoms with Gasteiger partial charge >= 0.3 is 0 Å². The number of nitrogens with zero attached hydrogens (tertiary/aromatic N) is 1. The molecule has 2 N–H and O–H groups in total. The van der Waals surface area contributed by atoms with Gasteiger partial charge in [0.1, 0.15) is 0 Å². The van der Waals surface area contributed by atoms with Crippen molar-refractivity contribution in [2.75, 3.05) is 7.05 Å². The summed E-state index contributed by atoms with van der Waals surface area (Å²) < 4.78 is 0. The summed E-state index contributed by atoms with van der Waals surface area (Å²) >= 11 is 0. The maximum Gasteiger partial charge on any atom is 0.224 e. The lowest BCUT2D eigenvalue weighted by atomic mass is 10.1. The summed E-state index contributed by atoms with van der Waals surface area (Å²) in [6.45, 7) is 2.02. The Hall–Kier alpha value is -0.570. The molecule has 0 saturated heterocycles. The van der Waals surface area contributed by atoms with Crippen molar-refractivity contribution in [2.24, 2.45) is 5.73 Å². The zero-order valence-corrected chi connectivity index (χ0v) is 9.33. The van der Waals surface area contributed by atoms with Crippen LogP contribution in [0.2, 0.25) is 0 Å². The van der Waals surface area contributed by atoms with Gasteiger partial charge in [0.15, 0.2) is 0 Å². The number of hydrogen-bond acceptors (Lipinski definition) is 2. The van der Waals surface area contributed by atoms with E-state index < -0.39 is 0 Å². The van der Waals surface area contributed by atoms with Crippen molar-refractivity contribution >= 4 is 5.91 Å². The van der Waals surface area contributed by atoms with E-state index in [-0.39, 0.29) is 11.9 Å². The highest BCUT2D eigenvalue weighted by Gasteiger charge is 2.23. The van der Waals surface area contributed by atoms with Crippen molar-refractivity contribution in [3.05, 3.63) is 0 Å². The van der Waals surface area contributed by atoms with Gasteiger partial charge in [0, 0.05) is 25.6 Å². The fourth-order valence-electron chi connectivity index (χ4n) is 2.01. The van der Waals surface area contributed by atoms with Crippen molar-refractivity contribution in [2.45, 2.75) is 57.5 Å². The highest BCUT2D eigenvalue weighted by Crippen LogP contribution is 2.22. The van der Waals surface area contributed by atoms with Gasteiger partial charge in [-0.3, -0.25) is 4.79 Å². The maximum absolute atomic E-state index is 11.7. The van der Waals surface area contributed by atoms with Gasteiger partial charge in [-0.1, -0.05) is 19.8 Å². The molecule has 1 fully saturated rings. The first kappa shape index (κ1) is 11.5. The Balaban J connectivity index is 2.35. The lowest BCUT2D eigenvalue weighted by Gasteiger charge is -2.25. The molecular formula is C11H22N2O. The number of carbonyl (C=O) groups excluding carboxylic acids is 1. The zero-order valence-electron chi connectivity index (χ0n) is 9.33. The molecule has 1 atom stereocenters. The quantitative estimate of drug-likeness (QED) is 0.744. The predicted octanol–water partition coefficient (Wildman–Crippen LogP) is 1.51. The minimum absolute atomic E-state index is 0.0337. The number of amides is 1. The van der Waals surface area contributed by atoms with Crippen molar-refractivity contribution in [1.82, 2.24) is 4.90 Å². The lowest BCUT2D eigenvalue weighted by Crippen LogP contribution is -2.38. The minimum Gasteiger partial charge on any atom is -0.343 e. The second kappa shape index (κ2) is 5.35. The van der Waals surface area contributed by atoms with E-state index in [9.17, 15) is 4.79 Å². The normalized spacial score (nSPS) is 19.6. The molecule has 1 unspecified atom stereocenters. The average molecular weight is 198 g/mol. The Morgan fingerprint density at radius 2 is 2.07 bits per heavy atom. The maximum atomic E-state index is 11.7. The first-order chi connectivity index (χ1) is 6.65. The van der Waals surface area contributed by atoms with Gasteiger partial charge in [-0.25, -0.2) is 0 Å². The highest BCUT2D eigenvalue weighted by molar-refractivity contribution is 5.76. The monoisotopic (exact) mass is 198 g/mol. The predicted molar refractivity (Wildman–Crippen MR) is 57.9 cm³/mol. The Bertz CT molecular complexity index is 188. The number of nitrogens with two attached hydrogens (primary N) is 1. The van der Waals surface area contributed by atoms with E-state index in [2.05, 4.69) is 0 Å². The molecule has 1 aliphatic carbocycles. The van der Waals surface area contributed by atoms with Gasteiger partial charge in [-0.15, -0.1) is 0 Å². The van der Waals surface area contributed by atoms with Crippen LogP contribution in [0, 0.1) is 0 Å². The minimum atomic E-state index is 0.0337. The Morgan fingerprint density at radius 1 is 1.50 bits per heavy atom. The van der Waals surface area contributed by atoms with E-state index in [4.69, 9.17) is 5.73 Å². The Morgan fingerprint density at radius 3 is 2.57 bits per heavy atom. The smallest absolute Gasteiger partial charge is 0.224 e. The summed E-state index contributed by atoms with van der Waals surface area (Å²) in [4.78, 5) is 13.7. The molecule has 0 aromatic carbocycles. The van der Waals surface area contributed by atoms with Crippen LogP contribution >= 0.6 is 0 Å². The van der Waals surface area contributed by atoms with Gasteiger partial charge in [-0.05, 0) is 19.3 Å². The standard InChI is InChI=1S/C11H22N2O/c1-3-9(12)8-11(14)13(2)10-6-4-5-7-10/h9-10H,3-8,12H2,1-2H3. The summed E-state index contributed by atoms with van der Waals surface area (Å²) in [7, 11) is 1.92. The molecule has 1 rings (SSSR count). The summed E-state index contributed by atoms with van der Waals surface area (Å²) in [5.41, 5.74) is 5.76. The van der Waals surface area contributed by atoms with Crippen LogP contribution in [0.1, 0.15) is 45.4 Å². The molecule has 0 aliphatic heterocycles. The molecule has 1 saturated carbocycles. The van der Waals surface area contributed by atoms with Crippen molar-refractivity contribution in [1.29, 1.82) is 0 Å². The van der Waals surface area contributed by atoms with Gasteiger partial charge in [0.05, 0.1) is 0 Å². The molecule has 3 heteroatoms. The molecule has 1 amide bonds. The molecule has 3 nitrogen and oxygen atoms in total. The molecule has 0 aromatic heterocycles. The first-order valence-electron chi connectivity index (χ1n) is 5.66. The number of rotatable bonds is 4. The van der Waals surface area contributed by atoms with Gasteiger partial charge in [-0.2, -0.15) is 0 Å². The summed E-state index contributed by atoms with van der Waals surface area (Å²) in [6, 6.07) is 0.512. The van der Waals surface area contributed by atoms with E-state index in [0.29, 0.717) is 12.5 Å². The molecule has 0 heterocycles.